The van der Waals surface area contributed by atoms with Crippen LogP contribution in [-0.4, -0.2) is 47.7 Å². The first-order valence-corrected chi connectivity index (χ1v) is 15.2. The summed E-state index contributed by atoms with van der Waals surface area (Å²) < 4.78 is 6.09. The predicted molar refractivity (Wildman–Crippen MR) is 172 cm³/mol. The lowest BCUT2D eigenvalue weighted by Gasteiger charge is -2.35. The Labute approximate surface area is 251 Å². The second-order valence-electron chi connectivity index (χ2n) is 11.5. The third-order valence-electron chi connectivity index (χ3n) is 8.27. The van der Waals surface area contributed by atoms with Crippen molar-refractivity contribution in [2.24, 2.45) is 0 Å². The number of anilines is 1. The van der Waals surface area contributed by atoms with E-state index in [1.54, 1.807) is 0 Å². The summed E-state index contributed by atoms with van der Waals surface area (Å²) in [7, 11) is 0. The molecule has 0 unspecified atom stereocenters. The maximum Gasteiger partial charge on any atom is 0.409 e. The standard InChI is InChI=1S/C37H43N3O2/c1-29-13-12-14-30(2)36(29)38-34-21-23-39(24-22-34)37(41)42-28-35(25-31-15-6-3-7-16-31)40(26-32-17-8-4-9-18-32)27-33-19-10-5-11-20-33/h3-20,34-35,38H,21-28H2,1-2H3/t35-/m1/s1. The SMILES string of the molecule is Cc1cccc(C)c1NC1CCN(C(=O)OC[C@@H](Cc2ccccc2)N(Cc2ccccc2)Cc2ccccc2)CC1. The highest BCUT2D eigenvalue weighted by Gasteiger charge is 2.27. The van der Waals surface area contributed by atoms with E-state index in [1.165, 1.54) is 33.5 Å². The van der Waals surface area contributed by atoms with Crippen LogP contribution < -0.4 is 5.32 Å². The van der Waals surface area contributed by atoms with E-state index in [0.717, 1.165) is 32.4 Å². The molecule has 0 radical (unpaired) electrons. The Morgan fingerprint density at radius 2 is 1.26 bits per heavy atom. The molecule has 0 spiro atoms. The summed E-state index contributed by atoms with van der Waals surface area (Å²) >= 11 is 0. The molecule has 1 amide bonds. The molecule has 1 fully saturated rings. The average Bonchev–Trinajstić information content (AvgIpc) is 3.02. The highest BCUT2D eigenvalue weighted by molar-refractivity contribution is 5.68. The van der Waals surface area contributed by atoms with Crippen LogP contribution in [0.25, 0.3) is 0 Å². The number of nitrogens with zero attached hydrogens (tertiary/aromatic N) is 2. The van der Waals surface area contributed by atoms with Crippen molar-refractivity contribution < 1.29 is 9.53 Å². The average molecular weight is 562 g/mol. The Balaban J connectivity index is 1.25. The monoisotopic (exact) mass is 561 g/mol. The van der Waals surface area contributed by atoms with Crippen LogP contribution in [0.2, 0.25) is 0 Å². The van der Waals surface area contributed by atoms with Gasteiger partial charge in [-0.2, -0.15) is 0 Å². The molecule has 1 atom stereocenters. The number of nitrogens with one attached hydrogen (secondary N) is 1. The summed E-state index contributed by atoms with van der Waals surface area (Å²) in [4.78, 5) is 17.7. The molecule has 42 heavy (non-hydrogen) atoms. The van der Waals surface area contributed by atoms with Crippen LogP contribution in [0.15, 0.2) is 109 Å². The molecule has 4 aromatic carbocycles. The Morgan fingerprint density at radius 3 is 1.79 bits per heavy atom. The molecule has 1 saturated heterocycles. The topological polar surface area (TPSA) is 44.8 Å². The Bertz CT molecular complexity index is 1320. The number of carbonyl (C=O) groups is 1. The largest absolute Gasteiger partial charge is 0.448 e. The number of amides is 1. The van der Waals surface area contributed by atoms with Crippen LogP contribution in [0.3, 0.4) is 0 Å². The molecule has 0 aromatic heterocycles. The molecular weight excluding hydrogens is 518 g/mol. The summed E-state index contributed by atoms with van der Waals surface area (Å²) in [6, 6.07) is 38.4. The summed E-state index contributed by atoms with van der Waals surface area (Å²) in [6.45, 7) is 7.58. The van der Waals surface area contributed by atoms with Crippen molar-refractivity contribution in [1.29, 1.82) is 0 Å². The van der Waals surface area contributed by atoms with Crippen LogP contribution in [0.4, 0.5) is 10.5 Å². The normalized spacial score (nSPS) is 14.5. The van der Waals surface area contributed by atoms with Gasteiger partial charge in [-0.3, -0.25) is 4.90 Å². The molecule has 1 aliphatic rings. The van der Waals surface area contributed by atoms with E-state index < -0.39 is 0 Å². The molecular formula is C37H43N3O2. The first kappa shape index (κ1) is 29.4. The number of rotatable bonds is 11. The fourth-order valence-electron chi connectivity index (χ4n) is 5.84. The minimum absolute atomic E-state index is 0.0278. The van der Waals surface area contributed by atoms with Crippen LogP contribution in [0, 0.1) is 13.8 Å². The molecule has 0 bridgehead atoms. The maximum atomic E-state index is 13.3. The van der Waals surface area contributed by atoms with E-state index in [9.17, 15) is 4.79 Å². The Kier molecular flexibility index (Phi) is 10.3. The van der Waals surface area contributed by atoms with Gasteiger partial charge in [0.2, 0.25) is 0 Å². The number of piperidine rings is 1. The molecule has 4 aromatic rings. The van der Waals surface area contributed by atoms with Gasteiger partial charge in [0.15, 0.2) is 0 Å². The quantitative estimate of drug-likeness (QED) is 0.205. The van der Waals surface area contributed by atoms with Crippen LogP contribution in [0.5, 0.6) is 0 Å². The molecule has 0 saturated carbocycles. The lowest BCUT2D eigenvalue weighted by molar-refractivity contribution is 0.0543. The Hall–Kier alpha value is -4.09. The van der Waals surface area contributed by atoms with Crippen LogP contribution >= 0.6 is 0 Å². The number of benzene rings is 4. The third kappa shape index (κ3) is 8.23. The van der Waals surface area contributed by atoms with Crippen molar-refractivity contribution in [3.8, 4) is 0 Å². The highest BCUT2D eigenvalue weighted by atomic mass is 16.6. The molecule has 1 heterocycles. The zero-order chi connectivity index (χ0) is 29.1. The van der Waals surface area contributed by atoms with Crippen molar-refractivity contribution in [1.82, 2.24) is 9.80 Å². The number of aryl methyl sites for hydroxylation is 2. The van der Waals surface area contributed by atoms with Gasteiger partial charge in [-0.15, -0.1) is 0 Å². The van der Waals surface area contributed by atoms with Gasteiger partial charge in [-0.1, -0.05) is 109 Å². The van der Waals surface area contributed by atoms with Gasteiger partial charge in [0.25, 0.3) is 0 Å². The van der Waals surface area contributed by atoms with Gasteiger partial charge in [0, 0.05) is 44.0 Å². The zero-order valence-electron chi connectivity index (χ0n) is 24.9. The highest BCUT2D eigenvalue weighted by Crippen LogP contribution is 2.24. The fraction of sp³-hybridized carbons (Fsp3) is 0.324. The third-order valence-corrected chi connectivity index (χ3v) is 8.27. The van der Waals surface area contributed by atoms with Crippen molar-refractivity contribution in [3.05, 3.63) is 137 Å². The zero-order valence-corrected chi connectivity index (χ0v) is 24.9. The van der Waals surface area contributed by atoms with Crippen LogP contribution in [0.1, 0.15) is 40.7 Å². The molecule has 0 aliphatic carbocycles. The lowest BCUT2D eigenvalue weighted by atomic mass is 10.0. The van der Waals surface area contributed by atoms with Crippen molar-refractivity contribution in [2.45, 2.75) is 58.3 Å². The molecule has 5 rings (SSSR count). The lowest BCUT2D eigenvalue weighted by Crippen LogP contribution is -2.45. The van der Waals surface area contributed by atoms with E-state index in [2.05, 4.69) is 127 Å². The number of carbonyl (C=O) groups excluding carboxylic acids is 1. The minimum atomic E-state index is -0.210. The van der Waals surface area contributed by atoms with Gasteiger partial charge in [-0.05, 0) is 60.9 Å². The van der Waals surface area contributed by atoms with E-state index in [1.807, 2.05) is 11.0 Å². The number of hydrogen-bond acceptors (Lipinski definition) is 4. The minimum Gasteiger partial charge on any atom is -0.448 e. The number of ether oxygens (including phenoxy) is 1. The fourth-order valence-corrected chi connectivity index (χ4v) is 5.84. The summed E-state index contributed by atoms with van der Waals surface area (Å²) in [5.41, 5.74) is 7.48. The second kappa shape index (κ2) is 14.7. The first-order chi connectivity index (χ1) is 20.5. The molecule has 1 aliphatic heterocycles. The molecule has 1 N–H and O–H groups in total. The van der Waals surface area contributed by atoms with E-state index in [0.29, 0.717) is 25.7 Å². The van der Waals surface area contributed by atoms with Crippen molar-refractivity contribution >= 4 is 11.8 Å². The maximum absolute atomic E-state index is 13.3. The number of likely N-dealkylation sites (tertiary alicyclic amines) is 1. The van der Waals surface area contributed by atoms with Gasteiger partial charge in [0.05, 0.1) is 0 Å². The molecule has 5 heteroatoms. The predicted octanol–water partition coefficient (Wildman–Crippen LogP) is 7.63. The van der Waals surface area contributed by atoms with Crippen molar-refractivity contribution in [2.75, 3.05) is 25.0 Å². The number of para-hydroxylation sites is 1. The van der Waals surface area contributed by atoms with Gasteiger partial charge < -0.3 is 15.0 Å². The van der Waals surface area contributed by atoms with Crippen LogP contribution in [-0.2, 0) is 24.2 Å². The van der Waals surface area contributed by atoms with Gasteiger partial charge >= 0.3 is 6.09 Å². The summed E-state index contributed by atoms with van der Waals surface area (Å²) in [5, 5.41) is 3.73. The summed E-state index contributed by atoms with van der Waals surface area (Å²) in [5.74, 6) is 0. The number of hydrogen-bond donors (Lipinski definition) is 1. The van der Waals surface area contributed by atoms with Gasteiger partial charge in [-0.25, -0.2) is 4.79 Å². The van der Waals surface area contributed by atoms with Crippen molar-refractivity contribution in [3.63, 3.8) is 0 Å². The molecule has 218 valence electrons. The van der Waals surface area contributed by atoms with E-state index in [-0.39, 0.29) is 12.1 Å². The molecule has 5 nitrogen and oxygen atoms in total. The smallest absolute Gasteiger partial charge is 0.409 e. The van der Waals surface area contributed by atoms with Gasteiger partial charge in [0.1, 0.15) is 6.61 Å². The summed E-state index contributed by atoms with van der Waals surface area (Å²) in [6.07, 6.45) is 2.41. The first-order valence-electron chi connectivity index (χ1n) is 15.2. The Morgan fingerprint density at radius 1 is 0.762 bits per heavy atom. The second-order valence-corrected chi connectivity index (χ2v) is 11.5. The van der Waals surface area contributed by atoms with E-state index in [4.69, 9.17) is 4.74 Å². The van der Waals surface area contributed by atoms with E-state index >= 15 is 0 Å².